The largest absolute Gasteiger partial charge is 0.151 e. The molecule has 76 valence electrons. The van der Waals surface area contributed by atoms with E-state index in [0.29, 0.717) is 4.75 Å². The minimum absolute atomic E-state index is 0.412. The molecule has 1 aromatic rings. The molecule has 1 saturated heterocycles. The first-order chi connectivity index (χ1) is 6.74. The highest BCUT2D eigenvalue weighted by molar-refractivity contribution is 8.01. The number of benzene rings is 1. The Bertz CT molecular complexity index is 299. The Morgan fingerprint density at radius 1 is 1.36 bits per heavy atom. The van der Waals surface area contributed by atoms with Crippen LogP contribution in [0.15, 0.2) is 29.2 Å². The summed E-state index contributed by atoms with van der Waals surface area (Å²) in [6.07, 6.45) is 1.33. The van der Waals surface area contributed by atoms with Crippen LogP contribution in [0.5, 0.6) is 0 Å². The summed E-state index contributed by atoms with van der Waals surface area (Å²) < 4.78 is 0.412. The summed E-state index contributed by atoms with van der Waals surface area (Å²) in [5.74, 6) is 2.48. The monoisotopic (exact) mass is 224 g/mol. The van der Waals surface area contributed by atoms with Gasteiger partial charge in [-0.05, 0) is 42.5 Å². The van der Waals surface area contributed by atoms with Crippen LogP contribution in [0.3, 0.4) is 0 Å². The third-order valence-electron chi connectivity index (χ3n) is 2.78. The minimum atomic E-state index is 0.412. The van der Waals surface area contributed by atoms with Crippen molar-refractivity contribution in [2.75, 3.05) is 11.5 Å². The maximum atomic E-state index is 2.35. The van der Waals surface area contributed by atoms with Crippen LogP contribution in [0.4, 0.5) is 0 Å². The second kappa shape index (κ2) is 4.19. The van der Waals surface area contributed by atoms with E-state index in [0.717, 1.165) is 5.75 Å². The van der Waals surface area contributed by atoms with Crippen molar-refractivity contribution in [3.8, 4) is 0 Å². The molecule has 0 spiro atoms. The number of thioether (sulfide) groups is 2. The highest BCUT2D eigenvalue weighted by Crippen LogP contribution is 2.48. The van der Waals surface area contributed by atoms with Crippen molar-refractivity contribution in [2.45, 2.75) is 29.9 Å². The Balaban J connectivity index is 2.13. The van der Waals surface area contributed by atoms with E-state index in [9.17, 15) is 0 Å². The zero-order valence-electron chi connectivity index (χ0n) is 8.75. The molecule has 0 radical (unpaired) electrons. The topological polar surface area (TPSA) is 0 Å². The maximum absolute atomic E-state index is 2.35. The fourth-order valence-corrected chi connectivity index (χ4v) is 3.49. The molecule has 0 aliphatic carbocycles. The molecule has 2 heteroatoms. The Labute approximate surface area is 94.9 Å². The molecule has 2 rings (SSSR count). The van der Waals surface area contributed by atoms with Crippen molar-refractivity contribution in [1.29, 1.82) is 0 Å². The van der Waals surface area contributed by atoms with Crippen LogP contribution in [0, 0.1) is 0 Å². The van der Waals surface area contributed by atoms with Gasteiger partial charge in [-0.15, -0.1) is 11.8 Å². The highest BCUT2D eigenvalue weighted by atomic mass is 32.2. The SMILES string of the molecule is CCSc1ccc(C2(C)CCS2)cc1. The highest BCUT2D eigenvalue weighted by Gasteiger charge is 2.34. The van der Waals surface area contributed by atoms with Crippen LogP contribution in [-0.2, 0) is 4.75 Å². The fourth-order valence-electron chi connectivity index (χ4n) is 1.71. The van der Waals surface area contributed by atoms with Crippen molar-refractivity contribution >= 4 is 23.5 Å². The Morgan fingerprint density at radius 3 is 2.43 bits per heavy atom. The molecule has 0 nitrogen and oxygen atoms in total. The molecule has 1 unspecified atom stereocenters. The molecule has 1 aliphatic rings. The molecule has 0 amide bonds. The van der Waals surface area contributed by atoms with E-state index in [-0.39, 0.29) is 0 Å². The number of rotatable bonds is 3. The van der Waals surface area contributed by atoms with E-state index in [1.54, 1.807) is 0 Å². The van der Waals surface area contributed by atoms with Gasteiger partial charge in [-0.1, -0.05) is 19.1 Å². The zero-order valence-corrected chi connectivity index (χ0v) is 10.4. The third-order valence-corrected chi connectivity index (χ3v) is 5.16. The molecule has 0 N–H and O–H groups in total. The maximum Gasteiger partial charge on any atom is 0.0388 e. The quantitative estimate of drug-likeness (QED) is 0.707. The van der Waals surface area contributed by atoms with E-state index in [2.05, 4.69) is 49.9 Å². The van der Waals surface area contributed by atoms with Crippen molar-refractivity contribution in [3.63, 3.8) is 0 Å². The number of hydrogen-bond acceptors (Lipinski definition) is 2. The Hall–Kier alpha value is -0.0800. The van der Waals surface area contributed by atoms with Crippen molar-refractivity contribution in [2.24, 2.45) is 0 Å². The van der Waals surface area contributed by atoms with E-state index < -0.39 is 0 Å². The zero-order chi connectivity index (χ0) is 10.0. The molecule has 0 bridgehead atoms. The van der Waals surface area contributed by atoms with Gasteiger partial charge in [-0.3, -0.25) is 0 Å². The van der Waals surface area contributed by atoms with E-state index in [1.165, 1.54) is 22.6 Å². The van der Waals surface area contributed by atoms with Crippen LogP contribution in [0.2, 0.25) is 0 Å². The Kier molecular flexibility index (Phi) is 3.13. The molecular weight excluding hydrogens is 208 g/mol. The lowest BCUT2D eigenvalue weighted by Gasteiger charge is -2.38. The first kappa shape index (κ1) is 10.4. The first-order valence-electron chi connectivity index (χ1n) is 5.12. The van der Waals surface area contributed by atoms with Gasteiger partial charge >= 0.3 is 0 Å². The summed E-state index contributed by atoms with van der Waals surface area (Å²) in [6.45, 7) is 4.55. The summed E-state index contributed by atoms with van der Waals surface area (Å²) in [4.78, 5) is 1.39. The standard InChI is InChI=1S/C12H16S2/c1-3-13-11-6-4-10(5-7-11)12(2)8-9-14-12/h4-7H,3,8-9H2,1-2H3. The number of hydrogen-bond donors (Lipinski definition) is 0. The molecular formula is C12H16S2. The van der Waals surface area contributed by atoms with Gasteiger partial charge in [0.05, 0.1) is 0 Å². The van der Waals surface area contributed by atoms with Gasteiger partial charge in [0.2, 0.25) is 0 Å². The Morgan fingerprint density at radius 2 is 2.00 bits per heavy atom. The van der Waals surface area contributed by atoms with Gasteiger partial charge in [0.25, 0.3) is 0 Å². The lowest BCUT2D eigenvalue weighted by atomic mass is 9.96. The van der Waals surface area contributed by atoms with Gasteiger partial charge in [-0.2, -0.15) is 11.8 Å². The summed E-state index contributed by atoms with van der Waals surface area (Å²) >= 11 is 3.99. The normalized spacial score (nSPS) is 25.9. The van der Waals surface area contributed by atoms with E-state index in [4.69, 9.17) is 0 Å². The second-order valence-corrected chi connectivity index (χ2v) is 6.72. The van der Waals surface area contributed by atoms with Crippen molar-refractivity contribution in [1.82, 2.24) is 0 Å². The predicted octanol–water partition coefficient (Wildman–Crippen LogP) is 4.15. The molecule has 1 fully saturated rings. The van der Waals surface area contributed by atoms with E-state index >= 15 is 0 Å². The fraction of sp³-hybridized carbons (Fsp3) is 0.500. The third kappa shape index (κ3) is 1.96. The van der Waals surface area contributed by atoms with Crippen molar-refractivity contribution in [3.05, 3.63) is 29.8 Å². The van der Waals surface area contributed by atoms with Gasteiger partial charge in [-0.25, -0.2) is 0 Å². The molecule has 1 aromatic carbocycles. The van der Waals surface area contributed by atoms with Crippen LogP contribution in [0.1, 0.15) is 25.8 Å². The summed E-state index contributed by atoms with van der Waals surface area (Å²) in [5, 5.41) is 0. The smallest absolute Gasteiger partial charge is 0.0388 e. The van der Waals surface area contributed by atoms with E-state index in [1.807, 2.05) is 11.8 Å². The molecule has 0 saturated carbocycles. The van der Waals surface area contributed by atoms with Gasteiger partial charge in [0.15, 0.2) is 0 Å². The molecule has 1 atom stereocenters. The van der Waals surface area contributed by atoms with Crippen LogP contribution in [0.25, 0.3) is 0 Å². The molecule has 14 heavy (non-hydrogen) atoms. The van der Waals surface area contributed by atoms with Crippen molar-refractivity contribution < 1.29 is 0 Å². The summed E-state index contributed by atoms with van der Waals surface area (Å²) in [7, 11) is 0. The lowest BCUT2D eigenvalue weighted by molar-refractivity contribution is 0.625. The van der Waals surface area contributed by atoms with Gasteiger partial charge in [0, 0.05) is 9.64 Å². The van der Waals surface area contributed by atoms with Crippen LogP contribution >= 0.6 is 23.5 Å². The molecule has 1 heterocycles. The summed E-state index contributed by atoms with van der Waals surface area (Å²) in [6, 6.07) is 9.11. The van der Waals surface area contributed by atoms with Crippen LogP contribution < -0.4 is 0 Å². The average Bonchev–Trinajstić information content (AvgIpc) is 2.16. The first-order valence-corrected chi connectivity index (χ1v) is 7.09. The average molecular weight is 224 g/mol. The minimum Gasteiger partial charge on any atom is -0.151 e. The van der Waals surface area contributed by atoms with Gasteiger partial charge < -0.3 is 0 Å². The lowest BCUT2D eigenvalue weighted by Crippen LogP contribution is -2.27. The predicted molar refractivity (Wildman–Crippen MR) is 67.3 cm³/mol. The summed E-state index contributed by atoms with van der Waals surface area (Å²) in [5.41, 5.74) is 1.49. The molecule has 0 aromatic heterocycles. The molecule has 1 aliphatic heterocycles. The van der Waals surface area contributed by atoms with Gasteiger partial charge in [0.1, 0.15) is 0 Å². The second-order valence-electron chi connectivity index (χ2n) is 3.79. The van der Waals surface area contributed by atoms with Crippen LogP contribution in [-0.4, -0.2) is 11.5 Å².